The predicted molar refractivity (Wildman–Crippen MR) is 57.4 cm³/mol. The van der Waals surface area contributed by atoms with Crippen molar-refractivity contribution in [2.45, 2.75) is 24.9 Å². The molecule has 5 nitrogen and oxygen atoms in total. The Morgan fingerprint density at radius 2 is 2.20 bits per heavy atom. The summed E-state index contributed by atoms with van der Waals surface area (Å²) < 4.78 is 0. The van der Waals surface area contributed by atoms with E-state index in [0.29, 0.717) is 17.9 Å². The zero-order chi connectivity index (χ0) is 10.8. The Labute approximate surface area is 87.9 Å². The maximum atomic E-state index is 10.9. The fourth-order valence-electron chi connectivity index (χ4n) is 1.64. The number of nitrogens with two attached hydrogens (primary N) is 2. The molecule has 15 heavy (non-hydrogen) atoms. The van der Waals surface area contributed by atoms with Gasteiger partial charge in [-0.25, -0.2) is 4.98 Å². The van der Waals surface area contributed by atoms with Crippen LogP contribution in [0.4, 0.5) is 5.82 Å². The summed E-state index contributed by atoms with van der Waals surface area (Å²) in [4.78, 5) is 15.0. The fraction of sp³-hybridized carbons (Fsp3) is 0.400. The first-order chi connectivity index (χ1) is 7.15. The van der Waals surface area contributed by atoms with Crippen LogP contribution in [0.5, 0.6) is 0 Å². The molecule has 1 aliphatic rings. The van der Waals surface area contributed by atoms with E-state index < -0.39 is 5.91 Å². The third-order valence-electron chi connectivity index (χ3n) is 2.53. The molecule has 1 fully saturated rings. The van der Waals surface area contributed by atoms with Crippen LogP contribution < -0.4 is 16.8 Å². The Balaban J connectivity index is 2.02. The molecule has 0 radical (unpaired) electrons. The Kier molecular flexibility index (Phi) is 2.55. The molecule has 2 rings (SSSR count). The normalized spacial score (nSPS) is 24.3. The Morgan fingerprint density at radius 3 is 2.80 bits per heavy atom. The molecule has 1 aliphatic carbocycles. The van der Waals surface area contributed by atoms with Crippen LogP contribution in [-0.4, -0.2) is 23.0 Å². The summed E-state index contributed by atoms with van der Waals surface area (Å²) in [6.45, 7) is 0. The van der Waals surface area contributed by atoms with Gasteiger partial charge in [-0.3, -0.25) is 4.79 Å². The topological polar surface area (TPSA) is 94.0 Å². The number of pyridine rings is 1. The van der Waals surface area contributed by atoms with Gasteiger partial charge in [0.05, 0.1) is 0 Å². The number of rotatable bonds is 3. The number of hydrogen-bond donors (Lipinski definition) is 3. The molecule has 0 aromatic carbocycles. The number of primary amides is 1. The second-order valence-electron chi connectivity index (χ2n) is 3.85. The highest BCUT2D eigenvalue weighted by Crippen LogP contribution is 2.21. The zero-order valence-corrected chi connectivity index (χ0v) is 8.31. The van der Waals surface area contributed by atoms with E-state index in [2.05, 4.69) is 10.3 Å². The number of anilines is 1. The molecule has 0 atom stereocenters. The number of amides is 1. The molecular weight excluding hydrogens is 192 g/mol. The fourth-order valence-corrected chi connectivity index (χ4v) is 1.64. The minimum absolute atomic E-state index is 0.281. The summed E-state index contributed by atoms with van der Waals surface area (Å²) in [5.74, 6) is 0.173. The van der Waals surface area contributed by atoms with Gasteiger partial charge < -0.3 is 16.8 Å². The van der Waals surface area contributed by atoms with E-state index in [1.54, 1.807) is 12.1 Å². The number of hydrogen-bond acceptors (Lipinski definition) is 4. The van der Waals surface area contributed by atoms with Crippen molar-refractivity contribution in [3.63, 3.8) is 0 Å². The summed E-state index contributed by atoms with van der Waals surface area (Å²) >= 11 is 0. The van der Waals surface area contributed by atoms with Crippen molar-refractivity contribution in [3.05, 3.63) is 23.9 Å². The molecular formula is C10H14N4O. The van der Waals surface area contributed by atoms with Gasteiger partial charge >= 0.3 is 0 Å². The monoisotopic (exact) mass is 206 g/mol. The van der Waals surface area contributed by atoms with Crippen LogP contribution in [0.15, 0.2) is 18.2 Å². The number of carbonyl (C=O) groups excluding carboxylic acids is 1. The van der Waals surface area contributed by atoms with E-state index in [-0.39, 0.29) is 5.69 Å². The average Bonchev–Trinajstić information content (AvgIpc) is 2.16. The van der Waals surface area contributed by atoms with Gasteiger partial charge in [0.2, 0.25) is 0 Å². The van der Waals surface area contributed by atoms with Crippen LogP contribution in [0.3, 0.4) is 0 Å². The largest absolute Gasteiger partial charge is 0.367 e. The van der Waals surface area contributed by atoms with Crippen molar-refractivity contribution in [1.82, 2.24) is 4.98 Å². The maximum Gasteiger partial charge on any atom is 0.267 e. The van der Waals surface area contributed by atoms with E-state index in [9.17, 15) is 4.79 Å². The highest BCUT2D eigenvalue weighted by Gasteiger charge is 2.25. The second kappa shape index (κ2) is 3.86. The molecule has 1 aromatic heterocycles. The van der Waals surface area contributed by atoms with Gasteiger partial charge in [-0.05, 0) is 25.0 Å². The van der Waals surface area contributed by atoms with E-state index in [1.807, 2.05) is 6.07 Å². The van der Waals surface area contributed by atoms with E-state index in [4.69, 9.17) is 11.5 Å². The van der Waals surface area contributed by atoms with Crippen molar-refractivity contribution >= 4 is 11.7 Å². The van der Waals surface area contributed by atoms with E-state index >= 15 is 0 Å². The molecule has 1 saturated carbocycles. The second-order valence-corrected chi connectivity index (χ2v) is 3.85. The predicted octanol–water partition coefficient (Wildman–Crippen LogP) is 0.0821. The van der Waals surface area contributed by atoms with Crippen LogP contribution in [0.1, 0.15) is 23.3 Å². The quantitative estimate of drug-likeness (QED) is 0.653. The lowest BCUT2D eigenvalue weighted by Gasteiger charge is -2.33. The molecule has 0 aliphatic heterocycles. The van der Waals surface area contributed by atoms with Crippen molar-refractivity contribution in [2.75, 3.05) is 5.32 Å². The van der Waals surface area contributed by atoms with Crippen LogP contribution in [-0.2, 0) is 0 Å². The summed E-state index contributed by atoms with van der Waals surface area (Å²) in [6.07, 6.45) is 1.89. The van der Waals surface area contributed by atoms with Gasteiger partial charge in [-0.2, -0.15) is 0 Å². The Morgan fingerprint density at radius 1 is 1.47 bits per heavy atom. The summed E-state index contributed by atoms with van der Waals surface area (Å²) in [5, 5.41) is 3.21. The standard InChI is InChI=1S/C10H14N4O/c11-6-4-7(5-6)13-9-3-1-2-8(14-9)10(12)15/h1-3,6-7H,4-5,11H2,(H2,12,15)(H,13,14). The van der Waals surface area contributed by atoms with Crippen LogP contribution >= 0.6 is 0 Å². The molecule has 5 heteroatoms. The Hall–Kier alpha value is -1.62. The molecule has 5 N–H and O–H groups in total. The maximum absolute atomic E-state index is 10.9. The highest BCUT2D eigenvalue weighted by molar-refractivity contribution is 5.91. The molecule has 1 aromatic rings. The number of nitrogens with zero attached hydrogens (tertiary/aromatic N) is 1. The SMILES string of the molecule is NC(=O)c1cccc(NC2CC(N)C2)n1. The molecule has 1 heterocycles. The van der Waals surface area contributed by atoms with Crippen molar-refractivity contribution in [3.8, 4) is 0 Å². The lowest BCUT2D eigenvalue weighted by atomic mass is 9.88. The average molecular weight is 206 g/mol. The van der Waals surface area contributed by atoms with Crippen molar-refractivity contribution in [1.29, 1.82) is 0 Å². The minimum atomic E-state index is -0.510. The summed E-state index contributed by atoms with van der Waals surface area (Å²) in [5.41, 5.74) is 11.1. The van der Waals surface area contributed by atoms with Gasteiger partial charge in [-0.1, -0.05) is 6.07 Å². The van der Waals surface area contributed by atoms with Crippen molar-refractivity contribution in [2.24, 2.45) is 11.5 Å². The summed E-state index contributed by atoms with van der Waals surface area (Å²) in [6, 6.07) is 5.84. The molecule has 1 amide bonds. The van der Waals surface area contributed by atoms with Gasteiger partial charge in [0.1, 0.15) is 11.5 Å². The molecule has 80 valence electrons. The number of carbonyl (C=O) groups is 1. The van der Waals surface area contributed by atoms with Gasteiger partial charge in [0, 0.05) is 12.1 Å². The van der Waals surface area contributed by atoms with Gasteiger partial charge in [0.25, 0.3) is 5.91 Å². The molecule has 0 unspecified atom stereocenters. The zero-order valence-electron chi connectivity index (χ0n) is 8.31. The van der Waals surface area contributed by atoms with Crippen LogP contribution in [0.25, 0.3) is 0 Å². The minimum Gasteiger partial charge on any atom is -0.367 e. The van der Waals surface area contributed by atoms with Crippen LogP contribution in [0.2, 0.25) is 0 Å². The first-order valence-corrected chi connectivity index (χ1v) is 4.94. The number of aromatic nitrogens is 1. The van der Waals surface area contributed by atoms with Crippen LogP contribution in [0, 0.1) is 0 Å². The molecule has 0 bridgehead atoms. The number of nitrogens with one attached hydrogen (secondary N) is 1. The lowest BCUT2D eigenvalue weighted by Crippen LogP contribution is -2.44. The smallest absolute Gasteiger partial charge is 0.267 e. The summed E-state index contributed by atoms with van der Waals surface area (Å²) in [7, 11) is 0. The lowest BCUT2D eigenvalue weighted by molar-refractivity contribution is 0.0995. The van der Waals surface area contributed by atoms with Crippen molar-refractivity contribution < 1.29 is 4.79 Å². The molecule has 0 spiro atoms. The molecule has 0 saturated heterocycles. The first kappa shape index (κ1) is 9.92. The van der Waals surface area contributed by atoms with Gasteiger partial charge in [-0.15, -0.1) is 0 Å². The first-order valence-electron chi connectivity index (χ1n) is 4.94. The highest BCUT2D eigenvalue weighted by atomic mass is 16.1. The third kappa shape index (κ3) is 2.24. The van der Waals surface area contributed by atoms with E-state index in [1.165, 1.54) is 0 Å². The van der Waals surface area contributed by atoms with Gasteiger partial charge in [0.15, 0.2) is 0 Å². The Bertz CT molecular complexity index is 373. The van der Waals surface area contributed by atoms with E-state index in [0.717, 1.165) is 12.8 Å². The third-order valence-corrected chi connectivity index (χ3v) is 2.53.